The van der Waals surface area contributed by atoms with E-state index in [4.69, 9.17) is 9.84 Å². The Morgan fingerprint density at radius 3 is 1.84 bits per heavy atom. The Hall–Kier alpha value is -1.06. The summed E-state index contributed by atoms with van der Waals surface area (Å²) in [5.74, 6) is -6.53. The normalized spacial score (nSPS) is 27.3. The number of hydrogen-bond acceptors (Lipinski definition) is 3. The number of hydrogen-bond donors (Lipinski definition) is 1. The van der Waals surface area contributed by atoms with Crippen LogP contribution in [0.1, 0.15) is 52.4 Å². The molecule has 3 nitrogen and oxygen atoms in total. The highest BCUT2D eigenvalue weighted by Crippen LogP contribution is 2.44. The van der Waals surface area contributed by atoms with Gasteiger partial charge in [-0.25, -0.2) is 4.39 Å². The van der Waals surface area contributed by atoms with Crippen molar-refractivity contribution in [2.75, 3.05) is 0 Å². The van der Waals surface area contributed by atoms with Crippen LogP contribution in [0.15, 0.2) is 0 Å². The van der Waals surface area contributed by atoms with Gasteiger partial charge >= 0.3 is 24.2 Å². The van der Waals surface area contributed by atoms with E-state index in [2.05, 4.69) is 0 Å². The molecule has 2 atom stereocenters. The van der Waals surface area contributed by atoms with Crippen LogP contribution in [0.5, 0.6) is 0 Å². The van der Waals surface area contributed by atoms with Gasteiger partial charge in [0.2, 0.25) is 0 Å². The first-order valence-corrected chi connectivity index (χ1v) is 7.90. The van der Waals surface area contributed by atoms with Crippen LogP contribution in [0.2, 0.25) is 0 Å². The highest BCUT2D eigenvalue weighted by Gasteiger charge is 2.58. The largest absolute Gasteiger partial charge is 0.462 e. The number of rotatable bonds is 5. The molecule has 1 aliphatic carbocycles. The van der Waals surface area contributed by atoms with E-state index in [-0.39, 0.29) is 25.7 Å². The van der Waals surface area contributed by atoms with Crippen LogP contribution in [0, 0.1) is 11.3 Å². The third-order valence-corrected chi connectivity index (χ3v) is 4.84. The van der Waals surface area contributed by atoms with Crippen molar-refractivity contribution < 1.29 is 45.4 Å². The quantitative estimate of drug-likeness (QED) is 0.555. The van der Waals surface area contributed by atoms with Crippen LogP contribution in [-0.2, 0) is 9.53 Å². The predicted octanol–water partition coefficient (Wildman–Crippen LogP) is 4.68. The average Bonchev–Trinajstić information content (AvgIpc) is 2.45. The first-order chi connectivity index (χ1) is 11.1. The van der Waals surface area contributed by atoms with Crippen molar-refractivity contribution in [3.63, 3.8) is 0 Å². The van der Waals surface area contributed by atoms with E-state index in [1.54, 1.807) is 0 Å². The van der Waals surface area contributed by atoms with Gasteiger partial charge in [0.1, 0.15) is 6.10 Å². The highest BCUT2D eigenvalue weighted by atomic mass is 19.4. The van der Waals surface area contributed by atoms with Crippen LogP contribution in [0.3, 0.4) is 0 Å². The SMILES string of the molecule is CCC(C)(C(=O)OC1CCC(CC(O)(F)C(F)(F)F)CC1)C(F)(F)F. The second kappa shape index (κ2) is 7.28. The Balaban J connectivity index is 2.59. The summed E-state index contributed by atoms with van der Waals surface area (Å²) in [6.45, 7) is 1.93. The fraction of sp³-hybridized carbons (Fsp3) is 0.933. The molecule has 2 unspecified atom stereocenters. The highest BCUT2D eigenvalue weighted by molar-refractivity contribution is 5.77. The molecule has 0 aromatic heterocycles. The van der Waals surface area contributed by atoms with Gasteiger partial charge in [0.25, 0.3) is 0 Å². The lowest BCUT2D eigenvalue weighted by molar-refractivity contribution is -0.321. The van der Waals surface area contributed by atoms with Crippen LogP contribution in [-0.4, -0.2) is 35.4 Å². The summed E-state index contributed by atoms with van der Waals surface area (Å²) in [6, 6.07) is 0. The van der Waals surface area contributed by atoms with Crippen LogP contribution in [0.25, 0.3) is 0 Å². The average molecular weight is 382 g/mol. The molecule has 0 aromatic rings. The van der Waals surface area contributed by atoms with Gasteiger partial charge in [-0.1, -0.05) is 6.92 Å². The molecule has 0 aromatic carbocycles. The fourth-order valence-corrected chi connectivity index (χ4v) is 2.69. The Morgan fingerprint density at radius 1 is 1.00 bits per heavy atom. The summed E-state index contributed by atoms with van der Waals surface area (Å²) in [4.78, 5) is 11.9. The van der Waals surface area contributed by atoms with E-state index < -0.39 is 54.5 Å². The molecular weight excluding hydrogens is 361 g/mol. The zero-order valence-electron chi connectivity index (χ0n) is 13.8. The van der Waals surface area contributed by atoms with Crippen molar-refractivity contribution in [1.82, 2.24) is 0 Å². The van der Waals surface area contributed by atoms with Gasteiger partial charge in [-0.2, -0.15) is 26.3 Å². The maximum absolute atomic E-state index is 13.2. The van der Waals surface area contributed by atoms with Crippen molar-refractivity contribution in [1.29, 1.82) is 0 Å². The fourth-order valence-electron chi connectivity index (χ4n) is 2.69. The molecular formula is C15H21F7O3. The Morgan fingerprint density at radius 2 is 1.48 bits per heavy atom. The topological polar surface area (TPSA) is 46.5 Å². The summed E-state index contributed by atoms with van der Waals surface area (Å²) in [7, 11) is 0. The molecule has 1 rings (SSSR count). The third kappa shape index (κ3) is 4.98. The molecule has 148 valence electrons. The molecule has 0 spiro atoms. The lowest BCUT2D eigenvalue weighted by atomic mass is 9.82. The zero-order valence-corrected chi connectivity index (χ0v) is 13.8. The molecule has 0 radical (unpaired) electrons. The molecule has 0 aliphatic heterocycles. The first-order valence-electron chi connectivity index (χ1n) is 7.90. The summed E-state index contributed by atoms with van der Waals surface area (Å²) >= 11 is 0. The van der Waals surface area contributed by atoms with Gasteiger partial charge in [0.15, 0.2) is 5.41 Å². The number of aliphatic hydroxyl groups is 1. The number of esters is 1. The molecule has 0 saturated heterocycles. The Kier molecular flexibility index (Phi) is 6.40. The van der Waals surface area contributed by atoms with Gasteiger partial charge in [0, 0.05) is 6.42 Å². The lowest BCUT2D eigenvalue weighted by Gasteiger charge is -2.34. The Bertz CT molecular complexity index is 465. The maximum Gasteiger partial charge on any atom is 0.448 e. The molecule has 25 heavy (non-hydrogen) atoms. The van der Waals surface area contributed by atoms with E-state index in [1.165, 1.54) is 6.92 Å². The van der Waals surface area contributed by atoms with E-state index >= 15 is 0 Å². The first kappa shape index (κ1) is 22.0. The summed E-state index contributed by atoms with van der Waals surface area (Å²) in [5.41, 5.74) is -2.65. The smallest absolute Gasteiger partial charge is 0.448 e. The summed E-state index contributed by atoms with van der Waals surface area (Å²) < 4.78 is 94.1. The number of carbonyl (C=O) groups excluding carboxylic acids is 1. The zero-order chi connectivity index (χ0) is 19.7. The third-order valence-electron chi connectivity index (χ3n) is 4.84. The van der Waals surface area contributed by atoms with Crippen LogP contribution >= 0.6 is 0 Å². The van der Waals surface area contributed by atoms with E-state index in [0.29, 0.717) is 0 Å². The van der Waals surface area contributed by atoms with E-state index in [9.17, 15) is 35.5 Å². The molecule has 1 saturated carbocycles. The summed E-state index contributed by atoms with van der Waals surface area (Å²) in [6.07, 6.45) is -12.7. The van der Waals surface area contributed by atoms with Gasteiger partial charge in [-0.15, -0.1) is 0 Å². The molecule has 1 aliphatic rings. The van der Waals surface area contributed by atoms with E-state index in [1.807, 2.05) is 0 Å². The number of alkyl halides is 7. The molecule has 0 bridgehead atoms. The van der Waals surface area contributed by atoms with Crippen LogP contribution < -0.4 is 0 Å². The molecule has 0 heterocycles. The van der Waals surface area contributed by atoms with Gasteiger partial charge < -0.3 is 9.84 Å². The van der Waals surface area contributed by atoms with Gasteiger partial charge in [-0.05, 0) is 44.9 Å². The monoisotopic (exact) mass is 382 g/mol. The minimum atomic E-state index is -5.41. The van der Waals surface area contributed by atoms with Gasteiger partial charge in [-0.3, -0.25) is 4.79 Å². The minimum Gasteiger partial charge on any atom is -0.462 e. The molecule has 0 amide bonds. The van der Waals surface area contributed by atoms with Crippen molar-refractivity contribution in [3.05, 3.63) is 0 Å². The van der Waals surface area contributed by atoms with Crippen LogP contribution in [0.4, 0.5) is 30.7 Å². The molecule has 1 fully saturated rings. The van der Waals surface area contributed by atoms with Crippen molar-refractivity contribution in [3.8, 4) is 0 Å². The van der Waals surface area contributed by atoms with E-state index in [0.717, 1.165) is 6.92 Å². The maximum atomic E-state index is 13.2. The number of halogens is 7. The lowest BCUT2D eigenvalue weighted by Crippen LogP contribution is -2.45. The summed E-state index contributed by atoms with van der Waals surface area (Å²) in [5, 5.41) is 8.84. The molecule has 10 heteroatoms. The van der Waals surface area contributed by atoms with Crippen molar-refractivity contribution in [2.45, 2.75) is 76.7 Å². The molecule has 1 N–H and O–H groups in total. The second-order valence-corrected chi connectivity index (χ2v) is 6.69. The standard InChI is InChI=1S/C15H21F7O3/c1-3-12(2,14(17,18)19)11(23)25-10-6-4-9(5-7-10)8-13(16,24)15(20,21)22/h9-10,24H,3-8H2,1-2H3. The number of ether oxygens (including phenoxy) is 1. The Labute approximate surface area is 140 Å². The predicted molar refractivity (Wildman–Crippen MR) is 73.0 cm³/mol. The minimum absolute atomic E-state index is 0.00904. The van der Waals surface area contributed by atoms with Gasteiger partial charge in [0.05, 0.1) is 0 Å². The second-order valence-electron chi connectivity index (χ2n) is 6.69. The number of carbonyl (C=O) groups is 1. The van der Waals surface area contributed by atoms with Crippen molar-refractivity contribution in [2.24, 2.45) is 11.3 Å². The van der Waals surface area contributed by atoms with Crippen molar-refractivity contribution >= 4 is 5.97 Å².